The zero-order chi connectivity index (χ0) is 19.6. The van der Waals surface area contributed by atoms with E-state index in [-0.39, 0.29) is 11.7 Å². The van der Waals surface area contributed by atoms with Crippen LogP contribution in [0.2, 0.25) is 5.02 Å². The molecular formula is C18H16ClF3N2O3. The lowest BCUT2D eigenvalue weighted by molar-refractivity contribution is -0.137. The molecular weight excluding hydrogens is 385 g/mol. The Morgan fingerprint density at radius 1 is 1.30 bits per heavy atom. The molecule has 1 aliphatic rings. The molecule has 2 aromatic rings. The molecule has 1 aromatic heterocycles. The second-order valence-corrected chi connectivity index (χ2v) is 6.45. The number of alkyl halides is 3. The maximum atomic E-state index is 12.6. The summed E-state index contributed by atoms with van der Waals surface area (Å²) < 4.78 is 48.4. The van der Waals surface area contributed by atoms with Crippen LogP contribution in [0.4, 0.5) is 19.0 Å². The summed E-state index contributed by atoms with van der Waals surface area (Å²) in [6.07, 6.45) is -2.56. The van der Waals surface area contributed by atoms with Crippen molar-refractivity contribution in [2.75, 3.05) is 25.1 Å². The molecule has 1 aliphatic heterocycles. The Labute approximate surface area is 158 Å². The predicted octanol–water partition coefficient (Wildman–Crippen LogP) is 4.20. The van der Waals surface area contributed by atoms with Gasteiger partial charge in [-0.1, -0.05) is 11.6 Å². The van der Waals surface area contributed by atoms with Crippen molar-refractivity contribution in [1.82, 2.24) is 4.98 Å². The second-order valence-electron chi connectivity index (χ2n) is 6.01. The monoisotopic (exact) mass is 400 g/mol. The van der Waals surface area contributed by atoms with Gasteiger partial charge in [0.2, 0.25) is 0 Å². The first kappa shape index (κ1) is 19.3. The highest BCUT2D eigenvalue weighted by atomic mass is 35.5. The molecule has 0 amide bonds. The van der Waals surface area contributed by atoms with Crippen molar-refractivity contribution in [3.8, 4) is 5.75 Å². The third-order valence-electron chi connectivity index (χ3n) is 4.17. The normalized spacial score (nSPS) is 17.1. The SMILES string of the molecule is COC(=O)c1cc(Cl)cnc1N1CCC(Oc2ccc(C(F)(F)F)cc2)C1. The molecule has 0 bridgehead atoms. The molecule has 0 N–H and O–H groups in total. The third kappa shape index (κ3) is 4.44. The fraction of sp³-hybridized carbons (Fsp3) is 0.333. The van der Waals surface area contributed by atoms with E-state index in [1.165, 1.54) is 31.5 Å². The van der Waals surface area contributed by atoms with Crippen molar-refractivity contribution in [3.63, 3.8) is 0 Å². The van der Waals surface area contributed by atoms with Gasteiger partial charge in [-0.05, 0) is 30.3 Å². The fourth-order valence-corrected chi connectivity index (χ4v) is 3.03. The number of hydrogen-bond acceptors (Lipinski definition) is 5. The smallest absolute Gasteiger partial charge is 0.416 e. The van der Waals surface area contributed by atoms with Crippen molar-refractivity contribution in [2.24, 2.45) is 0 Å². The van der Waals surface area contributed by atoms with Crippen LogP contribution in [0.3, 0.4) is 0 Å². The molecule has 1 aromatic carbocycles. The Hall–Kier alpha value is -2.48. The van der Waals surface area contributed by atoms with Gasteiger partial charge in [-0.25, -0.2) is 9.78 Å². The number of nitrogens with zero attached hydrogens (tertiary/aromatic N) is 2. The minimum atomic E-state index is -4.38. The summed E-state index contributed by atoms with van der Waals surface area (Å²) in [4.78, 5) is 18.0. The molecule has 9 heteroatoms. The van der Waals surface area contributed by atoms with Gasteiger partial charge in [-0.15, -0.1) is 0 Å². The lowest BCUT2D eigenvalue weighted by atomic mass is 10.2. The van der Waals surface area contributed by atoms with Crippen LogP contribution < -0.4 is 9.64 Å². The molecule has 5 nitrogen and oxygen atoms in total. The number of anilines is 1. The molecule has 0 radical (unpaired) electrons. The van der Waals surface area contributed by atoms with Crippen molar-refractivity contribution < 1.29 is 27.4 Å². The van der Waals surface area contributed by atoms with Crippen LogP contribution in [0.1, 0.15) is 22.3 Å². The fourth-order valence-electron chi connectivity index (χ4n) is 2.88. The Balaban J connectivity index is 1.70. The largest absolute Gasteiger partial charge is 0.489 e. The number of ether oxygens (including phenoxy) is 2. The van der Waals surface area contributed by atoms with E-state index in [4.69, 9.17) is 21.1 Å². The molecule has 3 rings (SSSR count). The average Bonchev–Trinajstić information content (AvgIpc) is 3.09. The van der Waals surface area contributed by atoms with Crippen LogP contribution in [0, 0.1) is 0 Å². The number of carbonyl (C=O) groups excluding carboxylic acids is 1. The lowest BCUT2D eigenvalue weighted by Crippen LogP contribution is -2.27. The summed E-state index contributed by atoms with van der Waals surface area (Å²) in [7, 11) is 1.27. The van der Waals surface area contributed by atoms with Crippen molar-refractivity contribution in [2.45, 2.75) is 18.7 Å². The Kier molecular flexibility index (Phi) is 5.46. The second kappa shape index (κ2) is 7.64. The van der Waals surface area contributed by atoms with Crippen molar-refractivity contribution in [3.05, 3.63) is 52.7 Å². The quantitative estimate of drug-likeness (QED) is 0.720. The van der Waals surface area contributed by atoms with Crippen LogP contribution >= 0.6 is 11.6 Å². The van der Waals surface area contributed by atoms with Gasteiger partial charge in [0.05, 0.1) is 24.2 Å². The summed E-state index contributed by atoms with van der Waals surface area (Å²) in [6, 6.07) is 6.05. The molecule has 1 saturated heterocycles. The molecule has 0 saturated carbocycles. The minimum absolute atomic E-state index is 0.246. The Bertz CT molecular complexity index is 828. The van der Waals surface area contributed by atoms with Crippen LogP contribution in [-0.4, -0.2) is 37.3 Å². The predicted molar refractivity (Wildman–Crippen MR) is 93.3 cm³/mol. The molecule has 0 spiro atoms. The average molecular weight is 401 g/mol. The maximum Gasteiger partial charge on any atom is 0.416 e. The first-order valence-corrected chi connectivity index (χ1v) is 8.48. The van der Waals surface area contributed by atoms with Crippen molar-refractivity contribution >= 4 is 23.4 Å². The summed E-state index contributed by atoms with van der Waals surface area (Å²) in [5.74, 6) is 0.240. The highest BCUT2D eigenvalue weighted by Crippen LogP contribution is 2.31. The Morgan fingerprint density at radius 3 is 2.63 bits per heavy atom. The number of aromatic nitrogens is 1. The third-order valence-corrected chi connectivity index (χ3v) is 4.37. The first-order valence-electron chi connectivity index (χ1n) is 8.10. The zero-order valence-electron chi connectivity index (χ0n) is 14.3. The molecule has 2 heterocycles. The van der Waals surface area contributed by atoms with Gasteiger partial charge in [0.1, 0.15) is 23.2 Å². The highest BCUT2D eigenvalue weighted by molar-refractivity contribution is 6.30. The van der Waals surface area contributed by atoms with E-state index in [1.807, 2.05) is 4.90 Å². The number of carbonyl (C=O) groups is 1. The Morgan fingerprint density at radius 2 is 2.00 bits per heavy atom. The number of hydrogen-bond donors (Lipinski definition) is 0. The summed E-state index contributed by atoms with van der Waals surface area (Å²) in [5.41, 5.74) is -0.476. The number of rotatable bonds is 4. The van der Waals surface area contributed by atoms with Gasteiger partial charge in [-0.2, -0.15) is 13.2 Å². The molecule has 27 heavy (non-hydrogen) atoms. The molecule has 144 valence electrons. The van der Waals surface area contributed by atoms with E-state index in [0.29, 0.717) is 36.1 Å². The van der Waals surface area contributed by atoms with Gasteiger partial charge >= 0.3 is 12.1 Å². The van der Waals surface area contributed by atoms with Gasteiger partial charge in [0.15, 0.2) is 0 Å². The number of esters is 1. The summed E-state index contributed by atoms with van der Waals surface area (Å²) in [6.45, 7) is 1.00. The number of benzene rings is 1. The number of pyridine rings is 1. The first-order chi connectivity index (χ1) is 12.8. The highest BCUT2D eigenvalue weighted by Gasteiger charge is 2.31. The molecule has 1 unspecified atom stereocenters. The van der Waals surface area contributed by atoms with Gasteiger partial charge in [0, 0.05) is 19.2 Å². The van der Waals surface area contributed by atoms with E-state index >= 15 is 0 Å². The lowest BCUT2D eigenvalue weighted by Gasteiger charge is -2.20. The van der Waals surface area contributed by atoms with Crippen LogP contribution in [-0.2, 0) is 10.9 Å². The number of methoxy groups -OCH3 is 1. The minimum Gasteiger partial charge on any atom is -0.489 e. The van der Waals surface area contributed by atoms with E-state index in [0.717, 1.165) is 12.1 Å². The maximum absolute atomic E-state index is 12.6. The van der Waals surface area contributed by atoms with Crippen LogP contribution in [0.15, 0.2) is 36.5 Å². The van der Waals surface area contributed by atoms with E-state index < -0.39 is 17.7 Å². The summed E-state index contributed by atoms with van der Waals surface area (Å²) >= 11 is 5.91. The topological polar surface area (TPSA) is 51.7 Å². The standard InChI is InChI=1S/C18H16ClF3N2O3/c1-26-17(25)15-8-12(19)9-23-16(15)24-7-6-14(10-24)27-13-4-2-11(3-5-13)18(20,21)22/h2-5,8-9,14H,6-7,10H2,1H3. The zero-order valence-corrected chi connectivity index (χ0v) is 15.0. The molecule has 1 fully saturated rings. The van der Waals surface area contributed by atoms with E-state index in [9.17, 15) is 18.0 Å². The van der Waals surface area contributed by atoms with Crippen LogP contribution in [0.5, 0.6) is 5.75 Å². The molecule has 1 atom stereocenters. The van der Waals surface area contributed by atoms with E-state index in [1.54, 1.807) is 0 Å². The van der Waals surface area contributed by atoms with Gasteiger partial charge in [-0.3, -0.25) is 0 Å². The molecule has 0 aliphatic carbocycles. The van der Waals surface area contributed by atoms with Gasteiger partial charge in [0.25, 0.3) is 0 Å². The number of halogens is 4. The van der Waals surface area contributed by atoms with E-state index in [2.05, 4.69) is 4.98 Å². The summed E-state index contributed by atoms with van der Waals surface area (Å²) in [5, 5.41) is 0.316. The van der Waals surface area contributed by atoms with Crippen LogP contribution in [0.25, 0.3) is 0 Å². The van der Waals surface area contributed by atoms with Gasteiger partial charge < -0.3 is 14.4 Å². The van der Waals surface area contributed by atoms with Crippen molar-refractivity contribution in [1.29, 1.82) is 0 Å².